The van der Waals surface area contributed by atoms with Gasteiger partial charge in [-0.3, -0.25) is 4.90 Å². The number of carboxylic acid groups (broad SMARTS) is 1. The summed E-state index contributed by atoms with van der Waals surface area (Å²) in [6, 6.07) is 3.89. The SMILES string of the molecule is CN(Cc1ccc(C(=O)O)o1)C1CCCCCCC1. The minimum atomic E-state index is -1.00. The van der Waals surface area contributed by atoms with Crippen LogP contribution in [0.5, 0.6) is 0 Å². The summed E-state index contributed by atoms with van der Waals surface area (Å²) in [6.45, 7) is 0.692. The number of hydrogen-bond acceptors (Lipinski definition) is 3. The van der Waals surface area contributed by atoms with E-state index in [1.54, 1.807) is 6.07 Å². The van der Waals surface area contributed by atoms with E-state index in [0.29, 0.717) is 12.6 Å². The summed E-state index contributed by atoms with van der Waals surface area (Å²) in [5.41, 5.74) is 0. The Hall–Kier alpha value is -1.29. The molecule has 0 atom stereocenters. The third-order valence-electron chi connectivity index (χ3n) is 3.98. The molecule has 0 bridgehead atoms. The molecule has 1 aromatic heterocycles. The zero-order valence-corrected chi connectivity index (χ0v) is 11.6. The van der Waals surface area contributed by atoms with Gasteiger partial charge < -0.3 is 9.52 Å². The second-order valence-corrected chi connectivity index (χ2v) is 5.49. The maximum atomic E-state index is 10.8. The molecule has 0 aliphatic heterocycles. The van der Waals surface area contributed by atoms with Gasteiger partial charge in [-0.05, 0) is 32.0 Å². The Morgan fingerprint density at radius 3 is 2.47 bits per heavy atom. The summed E-state index contributed by atoms with van der Waals surface area (Å²) < 4.78 is 5.32. The van der Waals surface area contributed by atoms with E-state index in [1.807, 2.05) is 0 Å². The van der Waals surface area contributed by atoms with E-state index in [4.69, 9.17) is 9.52 Å². The van der Waals surface area contributed by atoms with Gasteiger partial charge in [0, 0.05) is 6.04 Å². The lowest BCUT2D eigenvalue weighted by atomic mass is 9.96. The Morgan fingerprint density at radius 2 is 1.89 bits per heavy atom. The van der Waals surface area contributed by atoms with Gasteiger partial charge in [0.1, 0.15) is 5.76 Å². The number of aromatic carboxylic acids is 1. The van der Waals surface area contributed by atoms with Crippen LogP contribution in [0.3, 0.4) is 0 Å². The molecule has 0 aromatic carbocycles. The summed E-state index contributed by atoms with van der Waals surface area (Å²) in [7, 11) is 2.11. The maximum absolute atomic E-state index is 10.8. The third kappa shape index (κ3) is 4.10. The normalized spacial score (nSPS) is 18.2. The first kappa shape index (κ1) is 14.1. The zero-order chi connectivity index (χ0) is 13.7. The zero-order valence-electron chi connectivity index (χ0n) is 11.6. The Kier molecular flexibility index (Phi) is 5.02. The largest absolute Gasteiger partial charge is 0.475 e. The van der Waals surface area contributed by atoms with Crippen LogP contribution in [-0.2, 0) is 6.54 Å². The number of carbonyl (C=O) groups is 1. The fraction of sp³-hybridized carbons (Fsp3) is 0.667. The van der Waals surface area contributed by atoms with Gasteiger partial charge in [0.05, 0.1) is 6.54 Å². The predicted octanol–water partition coefficient (Wildman–Crippen LogP) is 3.52. The molecule has 106 valence electrons. The molecule has 1 saturated carbocycles. The quantitative estimate of drug-likeness (QED) is 0.905. The lowest BCUT2D eigenvalue weighted by Gasteiger charge is -2.28. The standard InChI is InChI=1S/C15H23NO3/c1-16(12-7-5-3-2-4-6-8-12)11-13-9-10-14(19-13)15(17)18/h9-10,12H,2-8,11H2,1H3,(H,17,18). The molecule has 1 fully saturated rings. The third-order valence-corrected chi connectivity index (χ3v) is 3.98. The fourth-order valence-electron chi connectivity index (χ4n) is 2.83. The van der Waals surface area contributed by atoms with Gasteiger partial charge in [0.25, 0.3) is 0 Å². The fourth-order valence-corrected chi connectivity index (χ4v) is 2.83. The van der Waals surface area contributed by atoms with E-state index >= 15 is 0 Å². The second kappa shape index (κ2) is 6.75. The molecule has 1 heterocycles. The van der Waals surface area contributed by atoms with Crippen LogP contribution in [-0.4, -0.2) is 29.1 Å². The molecular weight excluding hydrogens is 242 g/mol. The van der Waals surface area contributed by atoms with Crippen molar-refractivity contribution in [3.8, 4) is 0 Å². The molecular formula is C15H23NO3. The summed E-state index contributed by atoms with van der Waals surface area (Å²) in [5, 5.41) is 8.84. The van der Waals surface area contributed by atoms with E-state index in [-0.39, 0.29) is 5.76 Å². The molecule has 1 aliphatic rings. The van der Waals surface area contributed by atoms with Gasteiger partial charge in [0.2, 0.25) is 5.76 Å². The van der Waals surface area contributed by atoms with Crippen molar-refractivity contribution < 1.29 is 14.3 Å². The molecule has 0 amide bonds. The first-order valence-electron chi connectivity index (χ1n) is 7.19. The van der Waals surface area contributed by atoms with Gasteiger partial charge in [-0.2, -0.15) is 0 Å². The maximum Gasteiger partial charge on any atom is 0.371 e. The highest BCUT2D eigenvalue weighted by Crippen LogP contribution is 2.22. The minimum absolute atomic E-state index is 0.0288. The molecule has 4 nitrogen and oxygen atoms in total. The van der Waals surface area contributed by atoms with Crippen molar-refractivity contribution in [2.24, 2.45) is 0 Å². The summed E-state index contributed by atoms with van der Waals surface area (Å²) in [6.07, 6.45) is 9.13. The predicted molar refractivity (Wildman–Crippen MR) is 73.2 cm³/mol. The lowest BCUT2D eigenvalue weighted by Crippen LogP contribution is -2.31. The van der Waals surface area contributed by atoms with Gasteiger partial charge >= 0.3 is 5.97 Å². The van der Waals surface area contributed by atoms with Crippen molar-refractivity contribution in [2.45, 2.75) is 57.5 Å². The summed E-state index contributed by atoms with van der Waals surface area (Å²) in [4.78, 5) is 13.1. The van der Waals surface area contributed by atoms with Crippen LogP contribution in [0, 0.1) is 0 Å². The Labute approximate surface area is 114 Å². The molecule has 1 aromatic rings. The van der Waals surface area contributed by atoms with Crippen molar-refractivity contribution >= 4 is 5.97 Å². The van der Waals surface area contributed by atoms with Crippen molar-refractivity contribution in [3.05, 3.63) is 23.7 Å². The highest BCUT2D eigenvalue weighted by Gasteiger charge is 2.18. The first-order valence-corrected chi connectivity index (χ1v) is 7.19. The smallest absolute Gasteiger partial charge is 0.371 e. The minimum Gasteiger partial charge on any atom is -0.475 e. The molecule has 0 unspecified atom stereocenters. The van der Waals surface area contributed by atoms with Gasteiger partial charge in [-0.25, -0.2) is 4.79 Å². The molecule has 0 spiro atoms. The van der Waals surface area contributed by atoms with Crippen molar-refractivity contribution in [2.75, 3.05) is 7.05 Å². The second-order valence-electron chi connectivity index (χ2n) is 5.49. The molecule has 0 radical (unpaired) electrons. The van der Waals surface area contributed by atoms with E-state index in [9.17, 15) is 4.79 Å². The van der Waals surface area contributed by atoms with Crippen LogP contribution in [0.15, 0.2) is 16.5 Å². The van der Waals surface area contributed by atoms with Crippen LogP contribution in [0.1, 0.15) is 61.3 Å². The van der Waals surface area contributed by atoms with Crippen molar-refractivity contribution in [1.82, 2.24) is 4.90 Å². The molecule has 4 heteroatoms. The Morgan fingerprint density at radius 1 is 1.26 bits per heavy atom. The number of rotatable bonds is 4. The van der Waals surface area contributed by atoms with E-state index in [1.165, 1.54) is 51.0 Å². The molecule has 0 saturated heterocycles. The monoisotopic (exact) mass is 265 g/mol. The van der Waals surface area contributed by atoms with Gasteiger partial charge in [0.15, 0.2) is 0 Å². The number of furan rings is 1. The number of carboxylic acids is 1. The number of nitrogens with zero attached hydrogens (tertiary/aromatic N) is 1. The number of hydrogen-bond donors (Lipinski definition) is 1. The van der Waals surface area contributed by atoms with Crippen LogP contribution in [0.4, 0.5) is 0 Å². The summed E-state index contributed by atoms with van der Waals surface area (Å²) >= 11 is 0. The van der Waals surface area contributed by atoms with Crippen LogP contribution >= 0.6 is 0 Å². The van der Waals surface area contributed by atoms with Gasteiger partial charge in [-0.1, -0.05) is 32.1 Å². The summed E-state index contributed by atoms with van der Waals surface area (Å²) in [5.74, 6) is -0.233. The topological polar surface area (TPSA) is 53.7 Å². The highest BCUT2D eigenvalue weighted by atomic mass is 16.4. The Bertz CT molecular complexity index is 405. The average molecular weight is 265 g/mol. The first-order chi connectivity index (χ1) is 9.16. The molecule has 1 aliphatic carbocycles. The van der Waals surface area contributed by atoms with E-state index in [0.717, 1.165) is 5.76 Å². The molecule has 1 N–H and O–H groups in total. The van der Waals surface area contributed by atoms with Gasteiger partial charge in [-0.15, -0.1) is 0 Å². The highest BCUT2D eigenvalue weighted by molar-refractivity contribution is 5.84. The van der Waals surface area contributed by atoms with Crippen molar-refractivity contribution in [3.63, 3.8) is 0 Å². The van der Waals surface area contributed by atoms with Crippen LogP contribution < -0.4 is 0 Å². The molecule has 19 heavy (non-hydrogen) atoms. The molecule has 2 rings (SSSR count). The van der Waals surface area contributed by atoms with Crippen molar-refractivity contribution in [1.29, 1.82) is 0 Å². The van der Waals surface area contributed by atoms with Crippen LogP contribution in [0.25, 0.3) is 0 Å². The van der Waals surface area contributed by atoms with E-state index < -0.39 is 5.97 Å². The average Bonchev–Trinajstić information content (AvgIpc) is 2.76. The van der Waals surface area contributed by atoms with E-state index in [2.05, 4.69) is 11.9 Å². The lowest BCUT2D eigenvalue weighted by molar-refractivity contribution is 0.0657. The Balaban J connectivity index is 1.90. The van der Waals surface area contributed by atoms with Crippen LogP contribution in [0.2, 0.25) is 0 Å².